The number of fused-ring (bicyclic) bond motifs is 1. The lowest BCUT2D eigenvalue weighted by molar-refractivity contribution is -0.136. The van der Waals surface area contributed by atoms with Gasteiger partial charge in [-0.05, 0) is 25.0 Å². The zero-order chi connectivity index (χ0) is 18.0. The molecule has 1 aromatic carbocycles. The lowest BCUT2D eigenvalue weighted by Crippen LogP contribution is -2.54. The van der Waals surface area contributed by atoms with Crippen LogP contribution in [-0.2, 0) is 9.59 Å². The van der Waals surface area contributed by atoms with Crippen LogP contribution in [0.2, 0.25) is 0 Å². The van der Waals surface area contributed by atoms with Gasteiger partial charge in [0.05, 0.1) is 17.7 Å². The molecule has 1 aromatic rings. The van der Waals surface area contributed by atoms with E-state index in [0.717, 1.165) is 4.90 Å². The van der Waals surface area contributed by atoms with Crippen LogP contribution in [0.3, 0.4) is 0 Å². The molecular weight excluding hydrogens is 312 g/mol. The Balaban J connectivity index is 1.84. The molecule has 1 N–H and O–H groups in total. The van der Waals surface area contributed by atoms with Gasteiger partial charge in [0.25, 0.3) is 11.8 Å². The van der Waals surface area contributed by atoms with Crippen molar-refractivity contribution < 1.29 is 25.3 Å². The van der Waals surface area contributed by atoms with E-state index in [1.807, 2.05) is 0 Å². The quantitative estimate of drug-likeness (QED) is 0.647. The van der Waals surface area contributed by atoms with Crippen LogP contribution in [-0.4, -0.2) is 41.2 Å². The molecule has 7 heteroatoms. The van der Waals surface area contributed by atoms with Gasteiger partial charge in [-0.3, -0.25) is 29.4 Å². The number of piperidine rings is 1. The summed E-state index contributed by atoms with van der Waals surface area (Å²) in [5.41, 5.74) is 0.357. The van der Waals surface area contributed by atoms with Crippen molar-refractivity contribution in [3.8, 4) is 5.75 Å². The minimum Gasteiger partial charge on any atom is -0.493 e. The normalized spacial score (nSPS) is 20.8. The third-order valence-electron chi connectivity index (χ3n) is 4.08. The molecule has 4 amide bonds. The van der Waals surface area contributed by atoms with Gasteiger partial charge >= 0.3 is 0 Å². The molecule has 3 rings (SSSR count). The Hall–Kier alpha value is -2.70. The zero-order valence-electron chi connectivity index (χ0n) is 14.0. The Kier molecular flexibility index (Phi) is 3.98. The molecule has 0 aliphatic carbocycles. The molecule has 2 heterocycles. The number of nitrogens with zero attached hydrogens (tertiary/aromatic N) is 1. The van der Waals surface area contributed by atoms with Crippen LogP contribution in [0.4, 0.5) is 0 Å². The summed E-state index contributed by atoms with van der Waals surface area (Å²) in [6.45, 7) is 0.645. The van der Waals surface area contributed by atoms with Crippen LogP contribution >= 0.6 is 0 Å². The Morgan fingerprint density at radius 3 is 2.88 bits per heavy atom. The lowest BCUT2D eigenvalue weighted by Gasteiger charge is -2.27. The maximum Gasteiger partial charge on any atom is 0.266 e. The summed E-state index contributed by atoms with van der Waals surface area (Å²) in [7, 11) is 0. The molecule has 2 aliphatic rings. The SMILES string of the molecule is [3H]CCCCOc1cccc2c1C(=O)N(C1CCC(=O)NC1=O)C2=O. The molecule has 126 valence electrons. The van der Waals surface area contributed by atoms with Crippen LogP contribution in [0.5, 0.6) is 5.75 Å². The Bertz CT molecular complexity index is 749. The molecule has 1 atom stereocenters. The average Bonchev–Trinajstić information content (AvgIpc) is 2.84. The van der Waals surface area contributed by atoms with E-state index in [-0.39, 0.29) is 24.0 Å². The van der Waals surface area contributed by atoms with E-state index in [9.17, 15) is 19.2 Å². The summed E-state index contributed by atoms with van der Waals surface area (Å²) in [6, 6.07) is 3.77. The smallest absolute Gasteiger partial charge is 0.266 e. The van der Waals surface area contributed by atoms with Gasteiger partial charge < -0.3 is 4.74 Å². The topological polar surface area (TPSA) is 92.8 Å². The number of hydrogen-bond donors (Lipinski definition) is 1. The predicted molar refractivity (Wildman–Crippen MR) is 83.5 cm³/mol. The van der Waals surface area contributed by atoms with E-state index in [2.05, 4.69) is 5.32 Å². The Morgan fingerprint density at radius 2 is 2.12 bits per heavy atom. The monoisotopic (exact) mass is 332 g/mol. The van der Waals surface area contributed by atoms with E-state index >= 15 is 0 Å². The van der Waals surface area contributed by atoms with Crippen LogP contribution in [0.1, 0.15) is 54.7 Å². The molecule has 1 unspecified atom stereocenters. The zero-order valence-corrected chi connectivity index (χ0v) is 13.0. The Morgan fingerprint density at radius 1 is 1.29 bits per heavy atom. The van der Waals surface area contributed by atoms with Crippen molar-refractivity contribution in [1.82, 2.24) is 10.2 Å². The van der Waals surface area contributed by atoms with Gasteiger partial charge in [-0.1, -0.05) is 19.4 Å². The number of imide groups is 2. The summed E-state index contributed by atoms with van der Waals surface area (Å²) in [5.74, 6) is -1.87. The molecule has 0 aromatic heterocycles. The molecule has 0 radical (unpaired) electrons. The van der Waals surface area contributed by atoms with Crippen molar-refractivity contribution in [2.75, 3.05) is 6.61 Å². The van der Waals surface area contributed by atoms with Crippen LogP contribution < -0.4 is 10.1 Å². The van der Waals surface area contributed by atoms with Crippen molar-refractivity contribution in [3.63, 3.8) is 0 Å². The number of amides is 4. The highest BCUT2D eigenvalue weighted by atomic mass is 16.5. The van der Waals surface area contributed by atoms with Gasteiger partial charge in [-0.2, -0.15) is 0 Å². The highest BCUT2D eigenvalue weighted by molar-refractivity contribution is 6.24. The first-order valence-electron chi connectivity index (χ1n) is 8.52. The average molecular weight is 332 g/mol. The van der Waals surface area contributed by atoms with Gasteiger partial charge in [-0.15, -0.1) is 0 Å². The van der Waals surface area contributed by atoms with E-state index in [4.69, 9.17) is 6.11 Å². The number of benzene rings is 1. The van der Waals surface area contributed by atoms with E-state index in [0.29, 0.717) is 32.1 Å². The summed E-state index contributed by atoms with van der Waals surface area (Å²) in [4.78, 5) is 49.6. The van der Waals surface area contributed by atoms with Crippen molar-refractivity contribution >= 4 is 23.6 Å². The second kappa shape index (κ2) is 6.43. The number of hydrogen-bond acceptors (Lipinski definition) is 5. The summed E-state index contributed by atoms with van der Waals surface area (Å²) < 4.78 is 12.7. The maximum atomic E-state index is 12.8. The highest BCUT2D eigenvalue weighted by Gasteiger charge is 2.45. The fourth-order valence-corrected chi connectivity index (χ4v) is 2.89. The molecule has 0 saturated carbocycles. The van der Waals surface area contributed by atoms with Crippen LogP contribution in [0.25, 0.3) is 0 Å². The van der Waals surface area contributed by atoms with Crippen LogP contribution in [0.15, 0.2) is 18.2 Å². The van der Waals surface area contributed by atoms with Gasteiger partial charge in [0.1, 0.15) is 11.8 Å². The fraction of sp³-hybridized carbons (Fsp3) is 0.412. The van der Waals surface area contributed by atoms with E-state index < -0.39 is 29.7 Å². The highest BCUT2D eigenvalue weighted by Crippen LogP contribution is 2.33. The molecule has 0 bridgehead atoms. The second-order valence-corrected chi connectivity index (χ2v) is 5.68. The van der Waals surface area contributed by atoms with Gasteiger partial charge in [0.15, 0.2) is 0 Å². The van der Waals surface area contributed by atoms with E-state index in [1.165, 1.54) is 6.07 Å². The van der Waals surface area contributed by atoms with Crippen molar-refractivity contribution in [1.29, 1.82) is 0 Å². The first-order valence-corrected chi connectivity index (χ1v) is 7.81. The maximum absolute atomic E-state index is 12.8. The third-order valence-corrected chi connectivity index (χ3v) is 4.08. The van der Waals surface area contributed by atoms with E-state index in [1.54, 1.807) is 12.1 Å². The Labute approximate surface area is 140 Å². The minimum atomic E-state index is -0.985. The number of rotatable bonds is 5. The molecule has 0 spiro atoms. The number of carbonyl (C=O) groups excluding carboxylic acids is 4. The molecule has 7 nitrogen and oxygen atoms in total. The first kappa shape index (κ1) is 14.9. The largest absolute Gasteiger partial charge is 0.493 e. The number of nitrogens with one attached hydrogen (secondary N) is 1. The van der Waals surface area contributed by atoms with Crippen LogP contribution in [0, 0.1) is 0 Å². The summed E-state index contributed by atoms with van der Waals surface area (Å²) >= 11 is 0. The second-order valence-electron chi connectivity index (χ2n) is 5.68. The molecule has 24 heavy (non-hydrogen) atoms. The molecular formula is C17H18N2O5. The van der Waals surface area contributed by atoms with Gasteiger partial charge in [0.2, 0.25) is 11.8 Å². The first-order chi connectivity index (χ1) is 12.0. The molecule has 1 fully saturated rings. The summed E-state index contributed by atoms with van der Waals surface area (Å²) in [6.07, 6.45) is 1.56. The fourth-order valence-electron chi connectivity index (χ4n) is 2.89. The standard InChI is InChI=1S/C17H18N2O5/c1-2-3-9-24-12-6-4-5-10-14(12)17(23)19(16(10)22)11-7-8-13(20)18-15(11)21/h4-6,11H,2-3,7-9H2,1H3,(H,18,20,21)/i1T. The van der Waals surface area contributed by atoms with Crippen molar-refractivity contribution in [2.45, 2.75) is 38.6 Å². The van der Waals surface area contributed by atoms with Gasteiger partial charge in [0, 0.05) is 7.79 Å². The molecule has 2 aliphatic heterocycles. The predicted octanol–water partition coefficient (Wildman–Crippen LogP) is 1.27. The summed E-state index contributed by atoms with van der Waals surface area (Å²) in [5, 5.41) is 2.16. The number of carbonyl (C=O) groups is 4. The van der Waals surface area contributed by atoms with Crippen molar-refractivity contribution in [3.05, 3.63) is 29.3 Å². The van der Waals surface area contributed by atoms with Crippen molar-refractivity contribution in [2.24, 2.45) is 0 Å². The molecule has 1 saturated heterocycles. The lowest BCUT2D eigenvalue weighted by atomic mass is 10.0. The van der Waals surface area contributed by atoms with Gasteiger partial charge in [-0.25, -0.2) is 0 Å². The third kappa shape index (κ3) is 2.66. The number of unbranched alkanes of at least 4 members (excludes halogenated alkanes) is 1. The minimum absolute atomic E-state index is 0.0836. The number of ether oxygens (including phenoxy) is 1.